The van der Waals surface area contributed by atoms with E-state index in [4.69, 9.17) is 16.7 Å². The predicted molar refractivity (Wildman–Crippen MR) is 113 cm³/mol. The maximum atomic E-state index is 13.2. The van der Waals surface area contributed by atoms with Gasteiger partial charge in [-0.2, -0.15) is 5.10 Å². The fourth-order valence-corrected chi connectivity index (χ4v) is 3.98. The number of piperazine rings is 1. The van der Waals surface area contributed by atoms with E-state index in [1.54, 1.807) is 5.01 Å². The summed E-state index contributed by atoms with van der Waals surface area (Å²) in [5, 5.41) is 10.5. The molecule has 0 radical (unpaired) electrons. The third-order valence-electron chi connectivity index (χ3n) is 5.50. The van der Waals surface area contributed by atoms with E-state index in [2.05, 4.69) is 17.1 Å². The zero-order valence-electron chi connectivity index (χ0n) is 16.0. The predicted octanol–water partition coefficient (Wildman–Crippen LogP) is 3.31. The highest BCUT2D eigenvalue weighted by Crippen LogP contribution is 2.33. The average molecular weight is 397 g/mol. The molecule has 0 spiro atoms. The van der Waals surface area contributed by atoms with Crippen LogP contribution in [0.15, 0.2) is 59.7 Å². The van der Waals surface area contributed by atoms with Gasteiger partial charge in [0.2, 0.25) is 0 Å². The molecule has 1 N–H and O–H groups in total. The number of halogens is 1. The molecular formula is C22H25ClN4O. The molecule has 5 nitrogen and oxygen atoms in total. The van der Waals surface area contributed by atoms with Crippen molar-refractivity contribution in [3.05, 3.63) is 70.7 Å². The number of carbonyl (C=O) groups excluding carboxylic acids is 1. The van der Waals surface area contributed by atoms with Crippen LogP contribution in [0, 0.1) is 0 Å². The monoisotopic (exact) mass is 396 g/mol. The SMILES string of the molecule is CC1CNCCN1CC(=O)N1N=C(c2ccccc2)CC1c1ccc(Cl)cc1. The first-order valence-electron chi connectivity index (χ1n) is 9.77. The van der Waals surface area contributed by atoms with E-state index >= 15 is 0 Å². The van der Waals surface area contributed by atoms with Crippen molar-refractivity contribution in [2.24, 2.45) is 5.10 Å². The summed E-state index contributed by atoms with van der Waals surface area (Å²) >= 11 is 6.06. The highest BCUT2D eigenvalue weighted by Gasteiger charge is 2.34. The molecule has 0 saturated carbocycles. The number of hydrogen-bond donors (Lipinski definition) is 1. The van der Waals surface area contributed by atoms with Gasteiger partial charge in [-0.25, -0.2) is 5.01 Å². The van der Waals surface area contributed by atoms with Crippen molar-refractivity contribution in [2.75, 3.05) is 26.2 Å². The molecule has 0 aromatic heterocycles. The smallest absolute Gasteiger partial charge is 0.257 e. The second-order valence-corrected chi connectivity index (χ2v) is 7.88. The van der Waals surface area contributed by atoms with E-state index in [0.29, 0.717) is 24.0 Å². The number of hydrazone groups is 1. The number of rotatable bonds is 4. The minimum atomic E-state index is -0.0989. The average Bonchev–Trinajstić information content (AvgIpc) is 3.16. The van der Waals surface area contributed by atoms with E-state index < -0.39 is 0 Å². The number of hydrogen-bond acceptors (Lipinski definition) is 4. The molecule has 1 fully saturated rings. The van der Waals surface area contributed by atoms with Crippen molar-refractivity contribution in [3.63, 3.8) is 0 Å². The summed E-state index contributed by atoms with van der Waals surface area (Å²) in [5.74, 6) is 0.0413. The van der Waals surface area contributed by atoms with Crippen LogP contribution in [0.3, 0.4) is 0 Å². The van der Waals surface area contributed by atoms with Crippen molar-refractivity contribution < 1.29 is 4.79 Å². The van der Waals surface area contributed by atoms with Crippen LogP contribution < -0.4 is 5.32 Å². The zero-order valence-corrected chi connectivity index (χ0v) is 16.8. The quantitative estimate of drug-likeness (QED) is 0.862. The van der Waals surface area contributed by atoms with Crippen LogP contribution in [-0.2, 0) is 4.79 Å². The topological polar surface area (TPSA) is 47.9 Å². The van der Waals surface area contributed by atoms with Crippen molar-refractivity contribution in [2.45, 2.75) is 25.4 Å². The van der Waals surface area contributed by atoms with Gasteiger partial charge in [0, 0.05) is 37.1 Å². The molecule has 2 unspecified atom stereocenters. The first kappa shape index (κ1) is 19.1. The summed E-state index contributed by atoms with van der Waals surface area (Å²) < 4.78 is 0. The Labute approximate surface area is 171 Å². The first-order chi connectivity index (χ1) is 13.6. The summed E-state index contributed by atoms with van der Waals surface area (Å²) in [6.07, 6.45) is 0.703. The van der Waals surface area contributed by atoms with Crippen LogP contribution in [0.25, 0.3) is 0 Å². The Morgan fingerprint density at radius 1 is 1.18 bits per heavy atom. The van der Waals surface area contributed by atoms with Gasteiger partial charge in [-0.3, -0.25) is 9.69 Å². The standard InChI is InChI=1S/C22H25ClN4O/c1-16-14-24-11-12-26(16)15-22(28)27-21(18-7-9-19(23)10-8-18)13-20(25-27)17-5-3-2-4-6-17/h2-10,16,21,24H,11-15H2,1H3. The van der Waals surface area contributed by atoms with Gasteiger partial charge < -0.3 is 5.32 Å². The van der Waals surface area contributed by atoms with Gasteiger partial charge in [0.25, 0.3) is 5.91 Å². The molecule has 6 heteroatoms. The van der Waals surface area contributed by atoms with Crippen LogP contribution in [0.1, 0.15) is 30.5 Å². The lowest BCUT2D eigenvalue weighted by molar-refractivity contribution is -0.135. The largest absolute Gasteiger partial charge is 0.314 e. The van der Waals surface area contributed by atoms with Gasteiger partial charge in [0.05, 0.1) is 18.3 Å². The highest BCUT2D eigenvalue weighted by molar-refractivity contribution is 6.30. The van der Waals surface area contributed by atoms with E-state index in [9.17, 15) is 4.79 Å². The lowest BCUT2D eigenvalue weighted by Gasteiger charge is -2.34. The fraction of sp³-hybridized carbons (Fsp3) is 0.364. The summed E-state index contributed by atoms with van der Waals surface area (Å²) in [5.41, 5.74) is 3.07. The minimum absolute atomic E-state index is 0.0413. The fourth-order valence-electron chi connectivity index (χ4n) is 3.85. The molecule has 2 heterocycles. The van der Waals surface area contributed by atoms with Crippen LogP contribution in [0.5, 0.6) is 0 Å². The zero-order chi connectivity index (χ0) is 19.5. The summed E-state index contributed by atoms with van der Waals surface area (Å²) in [6.45, 7) is 5.24. The molecule has 0 aliphatic carbocycles. The van der Waals surface area contributed by atoms with Crippen LogP contribution in [-0.4, -0.2) is 53.7 Å². The summed E-state index contributed by atoms with van der Waals surface area (Å²) in [6, 6.07) is 18.1. The van der Waals surface area contributed by atoms with Gasteiger partial charge in [-0.1, -0.05) is 54.1 Å². The Kier molecular flexibility index (Phi) is 5.76. The third-order valence-corrected chi connectivity index (χ3v) is 5.76. The van der Waals surface area contributed by atoms with Gasteiger partial charge in [-0.05, 0) is 30.2 Å². The molecule has 2 aliphatic heterocycles. The molecule has 2 aromatic rings. The lowest BCUT2D eigenvalue weighted by Crippen LogP contribution is -2.52. The molecular weight excluding hydrogens is 372 g/mol. The summed E-state index contributed by atoms with van der Waals surface area (Å²) in [7, 11) is 0. The van der Waals surface area contributed by atoms with Crippen LogP contribution in [0.2, 0.25) is 5.02 Å². The molecule has 2 atom stereocenters. The van der Waals surface area contributed by atoms with E-state index in [1.165, 1.54) is 0 Å². The Morgan fingerprint density at radius 2 is 1.93 bits per heavy atom. The van der Waals surface area contributed by atoms with Gasteiger partial charge in [0.1, 0.15) is 0 Å². The molecule has 1 saturated heterocycles. The van der Waals surface area contributed by atoms with E-state index in [1.807, 2.05) is 54.6 Å². The number of nitrogens with zero attached hydrogens (tertiary/aromatic N) is 3. The molecule has 0 bridgehead atoms. The van der Waals surface area contributed by atoms with Crippen molar-refractivity contribution in [3.8, 4) is 0 Å². The van der Waals surface area contributed by atoms with E-state index in [-0.39, 0.29) is 11.9 Å². The Hall–Kier alpha value is -2.21. The van der Waals surface area contributed by atoms with Gasteiger partial charge in [0.15, 0.2) is 0 Å². The number of nitrogens with one attached hydrogen (secondary N) is 1. The maximum Gasteiger partial charge on any atom is 0.257 e. The Bertz CT molecular complexity index is 853. The van der Waals surface area contributed by atoms with Crippen LogP contribution >= 0.6 is 11.6 Å². The van der Waals surface area contributed by atoms with E-state index in [0.717, 1.165) is 36.5 Å². The maximum absolute atomic E-state index is 13.2. The normalized spacial score (nSPS) is 22.9. The third kappa shape index (κ3) is 4.12. The number of carbonyl (C=O) groups is 1. The second kappa shape index (κ2) is 8.43. The molecule has 2 aromatic carbocycles. The van der Waals surface area contributed by atoms with Crippen molar-refractivity contribution >= 4 is 23.2 Å². The Balaban J connectivity index is 1.60. The van der Waals surface area contributed by atoms with Gasteiger partial charge >= 0.3 is 0 Å². The number of amides is 1. The second-order valence-electron chi connectivity index (χ2n) is 7.45. The number of benzene rings is 2. The molecule has 28 heavy (non-hydrogen) atoms. The summed E-state index contributed by atoms with van der Waals surface area (Å²) in [4.78, 5) is 15.4. The Morgan fingerprint density at radius 3 is 2.64 bits per heavy atom. The van der Waals surface area contributed by atoms with Crippen molar-refractivity contribution in [1.29, 1.82) is 0 Å². The van der Waals surface area contributed by atoms with Gasteiger partial charge in [-0.15, -0.1) is 0 Å². The van der Waals surface area contributed by atoms with Crippen LogP contribution in [0.4, 0.5) is 0 Å². The molecule has 146 valence electrons. The lowest BCUT2D eigenvalue weighted by atomic mass is 9.98. The molecule has 1 amide bonds. The van der Waals surface area contributed by atoms with Crippen molar-refractivity contribution in [1.82, 2.24) is 15.2 Å². The molecule has 4 rings (SSSR count). The highest BCUT2D eigenvalue weighted by atomic mass is 35.5. The molecule has 2 aliphatic rings. The first-order valence-corrected chi connectivity index (χ1v) is 10.1. The minimum Gasteiger partial charge on any atom is -0.314 e.